The third kappa shape index (κ3) is 4.06. The molecule has 1 aromatic carbocycles. The molecule has 0 saturated heterocycles. The Kier molecular flexibility index (Phi) is 5.10. The fraction of sp³-hybridized carbons (Fsp3) is 0.333. The number of halogens is 2. The van der Waals surface area contributed by atoms with Crippen molar-refractivity contribution >= 4 is 55.0 Å². The minimum Gasteiger partial charge on any atom is -0.497 e. The van der Waals surface area contributed by atoms with E-state index in [1.54, 1.807) is 31.4 Å². The lowest BCUT2D eigenvalue weighted by Gasteiger charge is -2.06. The molecule has 0 radical (unpaired) electrons. The summed E-state index contributed by atoms with van der Waals surface area (Å²) in [6.45, 7) is 0. The first-order chi connectivity index (χ1) is 6.95. The van der Waals surface area contributed by atoms with E-state index in [0.717, 1.165) is 11.3 Å². The van der Waals surface area contributed by atoms with Gasteiger partial charge in [-0.2, -0.15) is 0 Å². The molecule has 0 fully saturated rings. The average Bonchev–Trinajstić information content (AvgIpc) is 2.18. The molecule has 0 spiro atoms. The third-order valence-electron chi connectivity index (χ3n) is 1.80. The van der Waals surface area contributed by atoms with Crippen LogP contribution in [0.5, 0.6) is 5.75 Å². The SMILES string of the molecule is COc1ccc(CS(=O)(=O)C(I)I)cc1. The van der Waals surface area contributed by atoms with Crippen LogP contribution in [0.15, 0.2) is 24.3 Å². The maximum atomic E-state index is 11.6. The first kappa shape index (κ1) is 13.5. The molecule has 0 unspecified atom stereocenters. The van der Waals surface area contributed by atoms with Gasteiger partial charge in [0.1, 0.15) is 5.75 Å². The molecular formula is C9H10I2O3S. The molecule has 0 atom stereocenters. The number of sulfone groups is 1. The Morgan fingerprint density at radius 2 is 1.80 bits per heavy atom. The molecule has 0 aromatic heterocycles. The van der Waals surface area contributed by atoms with Gasteiger partial charge in [-0.15, -0.1) is 0 Å². The summed E-state index contributed by atoms with van der Waals surface area (Å²) < 4.78 is 27.8. The molecule has 0 heterocycles. The largest absolute Gasteiger partial charge is 0.497 e. The maximum absolute atomic E-state index is 11.6. The number of hydrogen-bond acceptors (Lipinski definition) is 3. The fourth-order valence-electron chi connectivity index (χ4n) is 1.02. The Hall–Kier alpha value is 0.430. The molecule has 3 nitrogen and oxygen atoms in total. The summed E-state index contributed by atoms with van der Waals surface area (Å²) in [6, 6.07) is 7.07. The van der Waals surface area contributed by atoms with E-state index in [1.807, 2.05) is 45.2 Å². The highest BCUT2D eigenvalue weighted by Crippen LogP contribution is 2.22. The number of benzene rings is 1. The third-order valence-corrected chi connectivity index (χ3v) is 7.73. The Labute approximate surface area is 117 Å². The zero-order chi connectivity index (χ0) is 11.5. The monoisotopic (exact) mass is 452 g/mol. The second kappa shape index (κ2) is 5.67. The molecule has 15 heavy (non-hydrogen) atoms. The standard InChI is InChI=1S/C9H10I2O3S/c1-14-8-4-2-7(3-5-8)6-15(12,13)9(10)11/h2-5,9H,6H2,1H3. The van der Waals surface area contributed by atoms with Crippen LogP contribution in [0.25, 0.3) is 0 Å². The van der Waals surface area contributed by atoms with Crippen LogP contribution in [-0.2, 0) is 15.6 Å². The van der Waals surface area contributed by atoms with Gasteiger partial charge in [0, 0.05) is 0 Å². The zero-order valence-corrected chi connectivity index (χ0v) is 13.1. The number of alkyl halides is 2. The fourth-order valence-corrected chi connectivity index (χ4v) is 2.88. The minimum atomic E-state index is -3.04. The first-order valence-electron chi connectivity index (χ1n) is 4.08. The summed E-state index contributed by atoms with van der Waals surface area (Å²) in [7, 11) is -1.46. The van der Waals surface area contributed by atoms with Gasteiger partial charge in [0.25, 0.3) is 0 Å². The lowest BCUT2D eigenvalue weighted by atomic mass is 10.2. The number of rotatable bonds is 4. The first-order valence-corrected chi connectivity index (χ1v) is 8.29. The summed E-state index contributed by atoms with van der Waals surface area (Å²) in [5.41, 5.74) is 0.786. The second-order valence-corrected chi connectivity index (χ2v) is 11.6. The van der Waals surface area contributed by atoms with Crippen molar-refractivity contribution in [3.8, 4) is 5.75 Å². The molecule has 0 aliphatic rings. The maximum Gasteiger partial charge on any atom is 0.175 e. The predicted octanol–water partition coefficient (Wildman–Crippen LogP) is 2.76. The summed E-state index contributed by atoms with van der Waals surface area (Å²) >= 11 is 3.80. The van der Waals surface area contributed by atoms with Gasteiger partial charge in [-0.25, -0.2) is 8.42 Å². The van der Waals surface area contributed by atoms with Gasteiger partial charge in [-0.05, 0) is 17.7 Å². The van der Waals surface area contributed by atoms with Crippen molar-refractivity contribution in [2.24, 2.45) is 0 Å². The highest BCUT2D eigenvalue weighted by Gasteiger charge is 2.19. The van der Waals surface area contributed by atoms with Crippen LogP contribution in [-0.4, -0.2) is 16.8 Å². The Bertz CT molecular complexity index is 411. The van der Waals surface area contributed by atoms with Crippen LogP contribution in [0.3, 0.4) is 0 Å². The minimum absolute atomic E-state index is 0.0769. The molecule has 0 N–H and O–H groups in total. The lowest BCUT2D eigenvalue weighted by molar-refractivity contribution is 0.414. The molecule has 0 saturated carbocycles. The van der Waals surface area contributed by atoms with Crippen LogP contribution in [0.2, 0.25) is 0 Å². The van der Waals surface area contributed by atoms with Gasteiger partial charge in [0.15, 0.2) is 11.1 Å². The number of hydrogen-bond donors (Lipinski definition) is 0. The van der Waals surface area contributed by atoms with Crippen LogP contribution < -0.4 is 4.74 Å². The van der Waals surface area contributed by atoms with Crippen molar-refractivity contribution in [3.63, 3.8) is 0 Å². The van der Waals surface area contributed by atoms with E-state index in [1.165, 1.54) is 0 Å². The normalized spacial score (nSPS) is 11.7. The van der Waals surface area contributed by atoms with Crippen molar-refractivity contribution in [1.29, 1.82) is 0 Å². The summed E-state index contributed by atoms with van der Waals surface area (Å²) in [5.74, 6) is 0.810. The molecule has 0 aliphatic heterocycles. The highest BCUT2D eigenvalue weighted by molar-refractivity contribution is 14.2. The van der Waals surface area contributed by atoms with Crippen LogP contribution in [0, 0.1) is 0 Å². The average molecular weight is 452 g/mol. The highest BCUT2D eigenvalue weighted by atomic mass is 127. The summed E-state index contributed by atoms with van der Waals surface area (Å²) in [4.78, 5) is 0. The van der Waals surface area contributed by atoms with E-state index in [-0.39, 0.29) is 5.75 Å². The summed E-state index contributed by atoms with van der Waals surface area (Å²) in [6.07, 6.45) is 0. The molecule has 1 rings (SSSR count). The van der Waals surface area contributed by atoms with Crippen molar-refractivity contribution in [2.75, 3.05) is 7.11 Å². The van der Waals surface area contributed by atoms with Gasteiger partial charge in [-0.1, -0.05) is 57.3 Å². The molecular weight excluding hydrogens is 442 g/mol. The second-order valence-electron chi connectivity index (χ2n) is 2.92. The molecule has 6 heteroatoms. The quantitative estimate of drug-likeness (QED) is 0.522. The molecule has 0 amide bonds. The van der Waals surface area contributed by atoms with E-state index in [2.05, 4.69) is 0 Å². The summed E-state index contributed by atoms with van der Waals surface area (Å²) in [5, 5.41) is 0. The molecule has 84 valence electrons. The number of methoxy groups -OCH3 is 1. The van der Waals surface area contributed by atoms with Crippen LogP contribution in [0.1, 0.15) is 5.56 Å². The van der Waals surface area contributed by atoms with Crippen LogP contribution in [0.4, 0.5) is 0 Å². The van der Waals surface area contributed by atoms with E-state index in [4.69, 9.17) is 4.74 Å². The van der Waals surface area contributed by atoms with Crippen LogP contribution >= 0.6 is 45.2 Å². The van der Waals surface area contributed by atoms with Gasteiger partial charge in [0.2, 0.25) is 0 Å². The van der Waals surface area contributed by atoms with E-state index in [0.29, 0.717) is 0 Å². The smallest absolute Gasteiger partial charge is 0.175 e. The lowest BCUT2D eigenvalue weighted by Crippen LogP contribution is -2.10. The number of ether oxygens (including phenoxy) is 1. The van der Waals surface area contributed by atoms with Gasteiger partial charge in [-0.3, -0.25) is 0 Å². The Morgan fingerprint density at radius 1 is 1.27 bits per heavy atom. The molecule has 0 bridgehead atoms. The van der Waals surface area contributed by atoms with E-state index >= 15 is 0 Å². The van der Waals surface area contributed by atoms with E-state index in [9.17, 15) is 8.42 Å². The van der Waals surface area contributed by atoms with Crippen molar-refractivity contribution < 1.29 is 13.2 Å². The molecule has 1 aromatic rings. The Morgan fingerprint density at radius 3 is 2.20 bits per heavy atom. The van der Waals surface area contributed by atoms with Crippen molar-refractivity contribution in [3.05, 3.63) is 29.8 Å². The van der Waals surface area contributed by atoms with Gasteiger partial charge < -0.3 is 4.74 Å². The Balaban J connectivity index is 2.82. The zero-order valence-electron chi connectivity index (χ0n) is 7.98. The van der Waals surface area contributed by atoms with E-state index < -0.39 is 11.1 Å². The van der Waals surface area contributed by atoms with Crippen molar-refractivity contribution in [2.45, 2.75) is 7.02 Å². The van der Waals surface area contributed by atoms with Crippen molar-refractivity contribution in [1.82, 2.24) is 0 Å². The predicted molar refractivity (Wildman–Crippen MR) is 77.4 cm³/mol. The molecule has 0 aliphatic carbocycles. The van der Waals surface area contributed by atoms with Gasteiger partial charge in [0.05, 0.1) is 12.9 Å². The van der Waals surface area contributed by atoms with Gasteiger partial charge >= 0.3 is 0 Å². The topological polar surface area (TPSA) is 43.4 Å².